The fraction of sp³-hybridized carbons (Fsp3) is 0.0312. The van der Waals surface area contributed by atoms with Crippen molar-refractivity contribution in [3.8, 4) is 56.7 Å². The highest BCUT2D eigenvalue weighted by molar-refractivity contribution is 5.78. The topological polar surface area (TPSA) is 64.5 Å². The Labute approximate surface area is 215 Å². The number of aryl methyl sites for hydroxylation is 1. The fourth-order valence-electron chi connectivity index (χ4n) is 4.18. The molecule has 0 amide bonds. The monoisotopic (exact) mass is 477 g/mol. The Morgan fingerprint density at radius 2 is 0.838 bits per heavy atom. The van der Waals surface area contributed by atoms with Crippen LogP contribution in [0.25, 0.3) is 56.7 Å². The molecule has 176 valence electrons. The summed E-state index contributed by atoms with van der Waals surface area (Å²) in [6, 6.07) is 36.6. The Balaban J connectivity index is 1.58. The van der Waals surface area contributed by atoms with Crippen molar-refractivity contribution in [3.63, 3.8) is 0 Å². The Morgan fingerprint density at radius 3 is 1.38 bits per heavy atom. The first-order valence-electron chi connectivity index (χ1n) is 12.1. The smallest absolute Gasteiger partial charge is 0.164 e. The summed E-state index contributed by atoms with van der Waals surface area (Å²) in [5, 5.41) is 0. The quantitative estimate of drug-likeness (QED) is 0.261. The molecule has 5 nitrogen and oxygen atoms in total. The number of benzene rings is 4. The van der Waals surface area contributed by atoms with Crippen LogP contribution in [0.3, 0.4) is 0 Å². The molecular formula is C32H23N5. The number of hydrogen-bond donors (Lipinski definition) is 0. The predicted molar refractivity (Wildman–Crippen MR) is 147 cm³/mol. The van der Waals surface area contributed by atoms with Crippen molar-refractivity contribution in [2.24, 2.45) is 0 Å². The van der Waals surface area contributed by atoms with E-state index in [2.05, 4.69) is 53.3 Å². The standard InChI is InChI=1S/C32H23N5/c1-22-13-15-23(16-14-22)26-19-27(29-33-17-8-18-34-29)21-28(20-26)32-36-30(24-9-4-2-5-10-24)35-31(37-32)25-11-6-3-7-12-25/h2-21H,1H3. The second kappa shape index (κ2) is 9.91. The third kappa shape index (κ3) is 4.88. The van der Waals surface area contributed by atoms with Gasteiger partial charge in [-0.1, -0.05) is 90.5 Å². The first kappa shape index (κ1) is 22.4. The molecule has 2 aromatic heterocycles. The average Bonchev–Trinajstić information content (AvgIpc) is 2.98. The lowest BCUT2D eigenvalue weighted by molar-refractivity contribution is 1.07. The zero-order chi connectivity index (χ0) is 25.0. The van der Waals surface area contributed by atoms with Crippen molar-refractivity contribution in [1.29, 1.82) is 0 Å². The molecule has 0 atom stereocenters. The molecule has 0 bridgehead atoms. The fourth-order valence-corrected chi connectivity index (χ4v) is 4.18. The van der Waals surface area contributed by atoms with Gasteiger partial charge in [-0.05, 0) is 42.3 Å². The van der Waals surface area contributed by atoms with Gasteiger partial charge in [0.2, 0.25) is 0 Å². The third-order valence-electron chi connectivity index (χ3n) is 6.10. The SMILES string of the molecule is Cc1ccc(-c2cc(-c3ncccn3)cc(-c3nc(-c4ccccc4)nc(-c4ccccc4)n3)c2)cc1. The van der Waals surface area contributed by atoms with Crippen LogP contribution in [0.2, 0.25) is 0 Å². The summed E-state index contributed by atoms with van der Waals surface area (Å²) < 4.78 is 0. The summed E-state index contributed by atoms with van der Waals surface area (Å²) in [5.74, 6) is 2.50. The molecule has 0 aliphatic rings. The van der Waals surface area contributed by atoms with E-state index in [0.29, 0.717) is 23.3 Å². The highest BCUT2D eigenvalue weighted by atomic mass is 15.0. The summed E-state index contributed by atoms with van der Waals surface area (Å²) in [6.45, 7) is 2.09. The van der Waals surface area contributed by atoms with Gasteiger partial charge in [0.25, 0.3) is 0 Å². The highest BCUT2D eigenvalue weighted by Crippen LogP contribution is 2.32. The number of rotatable bonds is 5. The van der Waals surface area contributed by atoms with E-state index in [0.717, 1.165) is 33.4 Å². The number of nitrogens with zero attached hydrogens (tertiary/aromatic N) is 5. The first-order chi connectivity index (χ1) is 18.2. The van der Waals surface area contributed by atoms with Crippen molar-refractivity contribution in [3.05, 3.63) is 127 Å². The van der Waals surface area contributed by atoms with Crippen molar-refractivity contribution in [1.82, 2.24) is 24.9 Å². The summed E-state index contributed by atoms with van der Waals surface area (Å²) in [6.07, 6.45) is 3.51. The van der Waals surface area contributed by atoms with Crippen LogP contribution >= 0.6 is 0 Å². The lowest BCUT2D eigenvalue weighted by atomic mass is 9.98. The number of hydrogen-bond acceptors (Lipinski definition) is 5. The van der Waals surface area contributed by atoms with E-state index in [1.54, 1.807) is 12.4 Å². The molecule has 0 fully saturated rings. The van der Waals surface area contributed by atoms with Crippen molar-refractivity contribution < 1.29 is 0 Å². The Hall–Kier alpha value is -5.03. The maximum absolute atomic E-state index is 4.92. The molecule has 0 saturated heterocycles. The molecule has 0 aliphatic carbocycles. The molecule has 0 saturated carbocycles. The second-order valence-corrected chi connectivity index (χ2v) is 8.78. The van der Waals surface area contributed by atoms with Crippen LogP contribution in [0.15, 0.2) is 122 Å². The molecular weight excluding hydrogens is 454 g/mol. The van der Waals surface area contributed by atoms with E-state index in [1.807, 2.05) is 72.8 Å². The zero-order valence-corrected chi connectivity index (χ0v) is 20.3. The van der Waals surface area contributed by atoms with E-state index in [-0.39, 0.29) is 0 Å². The maximum atomic E-state index is 4.92. The minimum Gasteiger partial charge on any atom is -0.237 e. The van der Waals surface area contributed by atoms with Gasteiger partial charge in [-0.2, -0.15) is 0 Å². The molecule has 0 N–H and O–H groups in total. The Morgan fingerprint density at radius 1 is 0.378 bits per heavy atom. The minimum absolute atomic E-state index is 0.596. The zero-order valence-electron chi connectivity index (χ0n) is 20.3. The molecule has 0 spiro atoms. The van der Waals surface area contributed by atoms with E-state index >= 15 is 0 Å². The van der Waals surface area contributed by atoms with Crippen LogP contribution in [-0.4, -0.2) is 24.9 Å². The van der Waals surface area contributed by atoms with Crippen LogP contribution in [-0.2, 0) is 0 Å². The van der Waals surface area contributed by atoms with Gasteiger partial charge >= 0.3 is 0 Å². The van der Waals surface area contributed by atoms with Crippen molar-refractivity contribution in [2.45, 2.75) is 6.92 Å². The molecule has 6 rings (SSSR count). The lowest BCUT2D eigenvalue weighted by Crippen LogP contribution is -2.00. The van der Waals surface area contributed by atoms with Crippen LogP contribution in [0, 0.1) is 6.92 Å². The lowest BCUT2D eigenvalue weighted by Gasteiger charge is -2.12. The van der Waals surface area contributed by atoms with Gasteiger partial charge in [0.1, 0.15) is 0 Å². The largest absolute Gasteiger partial charge is 0.237 e. The average molecular weight is 478 g/mol. The van der Waals surface area contributed by atoms with E-state index in [4.69, 9.17) is 15.0 Å². The van der Waals surface area contributed by atoms with Crippen LogP contribution in [0.5, 0.6) is 0 Å². The summed E-state index contributed by atoms with van der Waals surface area (Å²) in [5.41, 5.74) is 7.00. The van der Waals surface area contributed by atoms with Crippen LogP contribution in [0.4, 0.5) is 0 Å². The molecule has 6 aromatic rings. The molecule has 0 radical (unpaired) electrons. The normalized spacial score (nSPS) is 10.8. The van der Waals surface area contributed by atoms with Gasteiger partial charge in [-0.15, -0.1) is 0 Å². The van der Waals surface area contributed by atoms with Gasteiger partial charge < -0.3 is 0 Å². The summed E-state index contributed by atoms with van der Waals surface area (Å²) >= 11 is 0. The van der Waals surface area contributed by atoms with Gasteiger partial charge in [0.15, 0.2) is 23.3 Å². The van der Waals surface area contributed by atoms with Crippen molar-refractivity contribution in [2.75, 3.05) is 0 Å². The molecule has 5 heteroatoms. The first-order valence-corrected chi connectivity index (χ1v) is 12.1. The van der Waals surface area contributed by atoms with Gasteiger partial charge in [0, 0.05) is 34.6 Å². The Bertz CT molecular complexity index is 1590. The van der Waals surface area contributed by atoms with E-state index in [9.17, 15) is 0 Å². The second-order valence-electron chi connectivity index (χ2n) is 8.78. The molecule has 0 aliphatic heterocycles. The van der Waals surface area contributed by atoms with E-state index in [1.165, 1.54) is 5.56 Å². The molecule has 0 unspecified atom stereocenters. The number of aromatic nitrogens is 5. The maximum Gasteiger partial charge on any atom is 0.164 e. The van der Waals surface area contributed by atoms with Crippen LogP contribution < -0.4 is 0 Å². The van der Waals surface area contributed by atoms with E-state index < -0.39 is 0 Å². The van der Waals surface area contributed by atoms with Crippen LogP contribution in [0.1, 0.15) is 5.56 Å². The summed E-state index contributed by atoms with van der Waals surface area (Å²) in [4.78, 5) is 23.7. The van der Waals surface area contributed by atoms with Gasteiger partial charge in [0.05, 0.1) is 0 Å². The molecule has 2 heterocycles. The summed E-state index contributed by atoms with van der Waals surface area (Å²) in [7, 11) is 0. The highest BCUT2D eigenvalue weighted by Gasteiger charge is 2.15. The van der Waals surface area contributed by atoms with Gasteiger partial charge in [-0.25, -0.2) is 24.9 Å². The Kier molecular flexibility index (Phi) is 6.01. The minimum atomic E-state index is 0.596. The molecule has 37 heavy (non-hydrogen) atoms. The van der Waals surface area contributed by atoms with Gasteiger partial charge in [-0.3, -0.25) is 0 Å². The molecule has 4 aromatic carbocycles. The van der Waals surface area contributed by atoms with Crippen molar-refractivity contribution >= 4 is 0 Å². The predicted octanol–water partition coefficient (Wildman–Crippen LogP) is 7.31. The third-order valence-corrected chi connectivity index (χ3v) is 6.10.